The predicted molar refractivity (Wildman–Crippen MR) is 84.8 cm³/mol. The summed E-state index contributed by atoms with van der Waals surface area (Å²) >= 11 is 0. The van der Waals surface area contributed by atoms with Crippen LogP contribution >= 0.6 is 7.82 Å². The van der Waals surface area contributed by atoms with Gasteiger partial charge < -0.3 is 13.6 Å². The highest BCUT2D eigenvalue weighted by molar-refractivity contribution is 7.49. The van der Waals surface area contributed by atoms with Crippen molar-refractivity contribution in [3.8, 4) is 5.75 Å². The molecule has 0 aromatic heterocycles. The minimum absolute atomic E-state index is 0.300. The van der Waals surface area contributed by atoms with E-state index in [1.165, 1.54) is 12.2 Å². The van der Waals surface area contributed by atoms with Crippen LogP contribution in [0.4, 0.5) is 0 Å². The van der Waals surface area contributed by atoms with Crippen molar-refractivity contribution in [2.45, 2.75) is 13.8 Å². The lowest BCUT2D eigenvalue weighted by Crippen LogP contribution is -2.01. The second-order valence-corrected chi connectivity index (χ2v) is 5.27. The quantitative estimate of drug-likeness (QED) is 0.367. The van der Waals surface area contributed by atoms with Crippen molar-refractivity contribution in [2.75, 3.05) is 0 Å². The summed E-state index contributed by atoms with van der Waals surface area (Å²) in [6.45, 7) is 10.6. The van der Waals surface area contributed by atoms with Crippen LogP contribution in [0.5, 0.6) is 5.75 Å². The zero-order valence-corrected chi connectivity index (χ0v) is 13.1. The zero-order valence-electron chi connectivity index (χ0n) is 12.2. The van der Waals surface area contributed by atoms with E-state index in [4.69, 9.17) is 13.6 Å². The summed E-state index contributed by atoms with van der Waals surface area (Å²) in [5.74, 6) is 0.974. The maximum atomic E-state index is 12.8. The van der Waals surface area contributed by atoms with Crippen LogP contribution in [0.2, 0.25) is 0 Å². The third kappa shape index (κ3) is 5.36. The van der Waals surface area contributed by atoms with Crippen molar-refractivity contribution in [3.63, 3.8) is 0 Å². The molecule has 0 aliphatic heterocycles. The maximum absolute atomic E-state index is 12.8. The molecule has 1 aromatic rings. The minimum Gasteiger partial charge on any atom is -0.386 e. The molecule has 1 rings (SSSR count). The van der Waals surface area contributed by atoms with Crippen LogP contribution in [0.3, 0.4) is 0 Å². The molecule has 0 N–H and O–H groups in total. The summed E-state index contributed by atoms with van der Waals surface area (Å²) in [6.07, 6.45) is 6.07. The lowest BCUT2D eigenvalue weighted by molar-refractivity contribution is 0.232. The molecule has 0 aliphatic carbocycles. The molecule has 0 bridgehead atoms. The smallest absolute Gasteiger partial charge is 0.386 e. The molecule has 0 spiro atoms. The molecule has 0 unspecified atom stereocenters. The Kier molecular flexibility index (Phi) is 6.57. The molecule has 0 atom stereocenters. The molecular formula is C16H19O4P. The van der Waals surface area contributed by atoms with Gasteiger partial charge in [0, 0.05) is 0 Å². The van der Waals surface area contributed by atoms with E-state index in [9.17, 15) is 4.57 Å². The van der Waals surface area contributed by atoms with Gasteiger partial charge in [0.1, 0.15) is 17.3 Å². The fraction of sp³-hybridized carbons (Fsp3) is 0.125. The number of phosphoric acid groups is 1. The van der Waals surface area contributed by atoms with Gasteiger partial charge in [-0.15, -0.1) is 0 Å². The molecule has 5 heteroatoms. The van der Waals surface area contributed by atoms with Crippen LogP contribution in [0.1, 0.15) is 13.8 Å². The fourth-order valence-electron chi connectivity index (χ4n) is 1.34. The molecule has 0 amide bonds. The van der Waals surface area contributed by atoms with Crippen LogP contribution in [0, 0.1) is 0 Å². The Morgan fingerprint density at radius 3 is 1.86 bits per heavy atom. The molecule has 0 aliphatic rings. The van der Waals surface area contributed by atoms with Gasteiger partial charge in [0.2, 0.25) is 0 Å². The summed E-state index contributed by atoms with van der Waals surface area (Å²) in [5, 5.41) is 0. The first-order valence-corrected chi connectivity index (χ1v) is 7.84. The number of phosphoric ester groups is 1. The van der Waals surface area contributed by atoms with Gasteiger partial charge in [-0.1, -0.05) is 31.4 Å². The van der Waals surface area contributed by atoms with Crippen LogP contribution < -0.4 is 4.52 Å². The van der Waals surface area contributed by atoms with Gasteiger partial charge in [-0.3, -0.25) is 0 Å². The van der Waals surface area contributed by atoms with E-state index in [-0.39, 0.29) is 0 Å². The van der Waals surface area contributed by atoms with Gasteiger partial charge in [-0.2, -0.15) is 4.57 Å². The van der Waals surface area contributed by atoms with Crippen molar-refractivity contribution >= 4 is 7.82 Å². The molecule has 21 heavy (non-hydrogen) atoms. The molecule has 4 nitrogen and oxygen atoms in total. The molecule has 112 valence electrons. The topological polar surface area (TPSA) is 44.8 Å². The van der Waals surface area contributed by atoms with Gasteiger partial charge in [0.15, 0.2) is 0 Å². The normalized spacial score (nSPS) is 14.8. The van der Waals surface area contributed by atoms with Crippen LogP contribution in [-0.2, 0) is 13.6 Å². The largest absolute Gasteiger partial charge is 0.647 e. The monoisotopic (exact) mass is 306 g/mol. The molecule has 0 radical (unpaired) electrons. The Morgan fingerprint density at radius 2 is 1.48 bits per heavy atom. The number of hydrogen-bond donors (Lipinski definition) is 0. The maximum Gasteiger partial charge on any atom is 0.647 e. The molecule has 0 saturated heterocycles. The lowest BCUT2D eigenvalue weighted by Gasteiger charge is -2.20. The first-order chi connectivity index (χ1) is 10.1. The molecule has 0 saturated carbocycles. The third-order valence-electron chi connectivity index (χ3n) is 2.37. The van der Waals surface area contributed by atoms with Crippen molar-refractivity contribution in [1.82, 2.24) is 0 Å². The summed E-state index contributed by atoms with van der Waals surface area (Å²) in [4.78, 5) is 0. The highest BCUT2D eigenvalue weighted by atomic mass is 31.2. The van der Waals surface area contributed by atoms with Crippen molar-refractivity contribution in [3.05, 3.63) is 79.3 Å². The third-order valence-corrected chi connectivity index (χ3v) is 3.67. The van der Waals surface area contributed by atoms with Crippen molar-refractivity contribution in [1.29, 1.82) is 0 Å². The van der Waals surface area contributed by atoms with Gasteiger partial charge in [-0.25, -0.2) is 0 Å². The van der Waals surface area contributed by atoms with E-state index < -0.39 is 7.82 Å². The van der Waals surface area contributed by atoms with E-state index >= 15 is 0 Å². The molecule has 0 heterocycles. The zero-order chi connectivity index (χ0) is 15.7. The summed E-state index contributed by atoms with van der Waals surface area (Å²) in [6, 6.07) is 8.65. The standard InChI is InChI=1S/C16H19O4P/c1-5-14(6-2)18-21(17,19-15(7-3)8-4)20-16-12-10-9-11-13-16/h5-13H,1,3H2,2,4H3/b14-6+,15-8+. The number of benzene rings is 1. The van der Waals surface area contributed by atoms with Crippen LogP contribution in [-0.4, -0.2) is 0 Å². The van der Waals surface area contributed by atoms with E-state index in [0.29, 0.717) is 17.3 Å². The predicted octanol–water partition coefficient (Wildman–Crippen LogP) is 5.39. The van der Waals surface area contributed by atoms with Crippen molar-refractivity contribution in [2.24, 2.45) is 0 Å². The summed E-state index contributed by atoms with van der Waals surface area (Å²) in [5.41, 5.74) is 0. The SMILES string of the molecule is C=C/C(=C\C)OP(=O)(O/C(C=C)=C/C)Oc1ccccc1. The second-order valence-electron chi connectivity index (χ2n) is 3.82. The van der Waals surface area contributed by atoms with Gasteiger partial charge in [0.25, 0.3) is 0 Å². The van der Waals surface area contributed by atoms with Crippen LogP contribution in [0.15, 0.2) is 79.3 Å². The van der Waals surface area contributed by atoms with Crippen LogP contribution in [0.25, 0.3) is 0 Å². The van der Waals surface area contributed by atoms with Gasteiger partial charge in [-0.05, 0) is 50.3 Å². The van der Waals surface area contributed by atoms with E-state index in [0.717, 1.165) is 0 Å². The molecular weight excluding hydrogens is 287 g/mol. The number of para-hydroxylation sites is 1. The van der Waals surface area contributed by atoms with E-state index in [2.05, 4.69) is 13.2 Å². The summed E-state index contributed by atoms with van der Waals surface area (Å²) < 4.78 is 28.9. The Bertz CT molecular complexity index is 558. The van der Waals surface area contributed by atoms with Gasteiger partial charge in [0.05, 0.1) is 0 Å². The average molecular weight is 306 g/mol. The van der Waals surface area contributed by atoms with Crippen molar-refractivity contribution < 1.29 is 18.1 Å². The molecule has 1 aromatic carbocycles. The Labute approximate surface area is 125 Å². The van der Waals surface area contributed by atoms with Gasteiger partial charge >= 0.3 is 7.82 Å². The lowest BCUT2D eigenvalue weighted by atomic mass is 10.3. The van der Waals surface area contributed by atoms with E-state index in [1.807, 2.05) is 6.07 Å². The summed E-state index contributed by atoms with van der Waals surface area (Å²) in [7, 11) is -3.90. The highest BCUT2D eigenvalue weighted by Crippen LogP contribution is 2.53. The number of hydrogen-bond acceptors (Lipinski definition) is 4. The molecule has 0 fully saturated rings. The number of allylic oxidation sites excluding steroid dienone is 4. The minimum atomic E-state index is -3.90. The van der Waals surface area contributed by atoms with E-state index in [1.54, 1.807) is 50.3 Å². The number of rotatable bonds is 8. The Balaban J connectivity index is 3.06. The second kappa shape index (κ2) is 8.18. The average Bonchev–Trinajstić information content (AvgIpc) is 2.51. The highest BCUT2D eigenvalue weighted by Gasteiger charge is 2.33. The Morgan fingerprint density at radius 1 is 1.00 bits per heavy atom. The Hall–Kier alpha value is -2.19. The first kappa shape index (κ1) is 16.9. The first-order valence-electron chi connectivity index (χ1n) is 6.38. The fourth-order valence-corrected chi connectivity index (χ4v) is 2.71.